The van der Waals surface area contributed by atoms with Gasteiger partial charge in [-0.15, -0.1) is 10.2 Å². The molecule has 0 saturated carbocycles. The number of aromatic nitrogens is 3. The van der Waals surface area contributed by atoms with Crippen molar-refractivity contribution >= 4 is 16.7 Å². The summed E-state index contributed by atoms with van der Waals surface area (Å²) in [5.74, 6) is 0.194. The van der Waals surface area contributed by atoms with Gasteiger partial charge in [0.25, 0.3) is 0 Å². The highest BCUT2D eigenvalue weighted by molar-refractivity contribution is 6.14. The van der Waals surface area contributed by atoms with E-state index in [9.17, 15) is 4.79 Å². The average Bonchev–Trinajstić information content (AvgIpc) is 2.54. The van der Waals surface area contributed by atoms with Gasteiger partial charge in [0, 0.05) is 23.2 Å². The molecule has 2 aromatic heterocycles. The Morgan fingerprint density at radius 2 is 1.95 bits per heavy atom. The molecule has 0 atom stereocenters. The van der Waals surface area contributed by atoms with Crippen molar-refractivity contribution in [1.29, 1.82) is 0 Å². The Kier molecular flexibility index (Phi) is 3.09. The number of hydrogen-bond donors (Lipinski definition) is 0. The van der Waals surface area contributed by atoms with Crippen molar-refractivity contribution in [3.05, 3.63) is 59.9 Å². The van der Waals surface area contributed by atoms with E-state index < -0.39 is 0 Å². The maximum Gasteiger partial charge on any atom is 0.233 e. The first kappa shape index (κ1) is 12.2. The van der Waals surface area contributed by atoms with Crippen LogP contribution >= 0.6 is 0 Å². The number of ether oxygens (including phenoxy) is 1. The van der Waals surface area contributed by atoms with E-state index in [1.54, 1.807) is 36.5 Å². The average molecular weight is 265 g/mol. The molecule has 5 nitrogen and oxygen atoms in total. The third-order valence-electron chi connectivity index (χ3n) is 2.97. The molecule has 3 rings (SSSR count). The molecule has 20 heavy (non-hydrogen) atoms. The molecule has 0 spiro atoms. The molecular weight excluding hydrogens is 254 g/mol. The second kappa shape index (κ2) is 5.05. The van der Waals surface area contributed by atoms with Crippen LogP contribution in [0.5, 0.6) is 5.88 Å². The number of nitrogens with zero attached hydrogens (tertiary/aromatic N) is 3. The van der Waals surface area contributed by atoms with Crippen LogP contribution in [0.2, 0.25) is 0 Å². The summed E-state index contributed by atoms with van der Waals surface area (Å²) in [5, 5.41) is 8.51. The van der Waals surface area contributed by atoms with Gasteiger partial charge in [0.05, 0.1) is 12.6 Å². The van der Waals surface area contributed by atoms with Gasteiger partial charge in [0.2, 0.25) is 11.7 Å². The molecule has 0 aliphatic carbocycles. The monoisotopic (exact) mass is 265 g/mol. The van der Waals surface area contributed by atoms with Crippen LogP contribution in [0.4, 0.5) is 0 Å². The number of rotatable bonds is 3. The first-order chi connectivity index (χ1) is 9.79. The molecule has 0 fully saturated rings. The Balaban J connectivity index is 2.07. The standard InChI is InChI=1S/C15H11N3O2/c1-20-14-8-7-13(17-18-14)15(19)11-4-2-6-12-10(11)5-3-9-16-12/h2-9H,1H3. The van der Waals surface area contributed by atoms with Crippen molar-refractivity contribution in [1.82, 2.24) is 15.2 Å². The molecule has 0 saturated heterocycles. The third-order valence-corrected chi connectivity index (χ3v) is 2.97. The van der Waals surface area contributed by atoms with Crippen LogP contribution in [0.15, 0.2) is 48.7 Å². The topological polar surface area (TPSA) is 65.0 Å². The van der Waals surface area contributed by atoms with E-state index in [-0.39, 0.29) is 11.5 Å². The maximum atomic E-state index is 12.5. The first-order valence-electron chi connectivity index (χ1n) is 6.06. The molecule has 0 radical (unpaired) electrons. The Labute approximate surface area is 115 Å². The number of methoxy groups -OCH3 is 1. The summed E-state index contributed by atoms with van der Waals surface area (Å²) in [6, 6.07) is 12.3. The minimum atomic E-state index is -0.182. The van der Waals surface area contributed by atoms with Gasteiger partial charge in [-0.1, -0.05) is 18.2 Å². The van der Waals surface area contributed by atoms with Crippen LogP contribution in [-0.4, -0.2) is 28.1 Å². The second-order valence-electron chi connectivity index (χ2n) is 4.17. The van der Waals surface area contributed by atoms with E-state index in [0.717, 1.165) is 10.9 Å². The van der Waals surface area contributed by atoms with Crippen LogP contribution in [0, 0.1) is 0 Å². The van der Waals surface area contributed by atoms with Gasteiger partial charge >= 0.3 is 0 Å². The fourth-order valence-corrected chi connectivity index (χ4v) is 1.99. The molecule has 3 aromatic rings. The largest absolute Gasteiger partial charge is 0.480 e. The second-order valence-corrected chi connectivity index (χ2v) is 4.17. The van der Waals surface area contributed by atoms with Gasteiger partial charge in [-0.05, 0) is 18.2 Å². The zero-order chi connectivity index (χ0) is 13.9. The summed E-state index contributed by atoms with van der Waals surface area (Å²) in [6.45, 7) is 0. The highest BCUT2D eigenvalue weighted by Crippen LogP contribution is 2.19. The third kappa shape index (κ3) is 2.09. The lowest BCUT2D eigenvalue weighted by molar-refractivity contribution is 0.103. The minimum Gasteiger partial charge on any atom is -0.480 e. The summed E-state index contributed by atoms with van der Waals surface area (Å²) in [4.78, 5) is 16.7. The van der Waals surface area contributed by atoms with E-state index in [1.165, 1.54) is 7.11 Å². The molecule has 2 heterocycles. The molecule has 0 N–H and O–H groups in total. The van der Waals surface area contributed by atoms with Crippen molar-refractivity contribution in [2.45, 2.75) is 0 Å². The molecular formula is C15H11N3O2. The van der Waals surface area contributed by atoms with Crippen molar-refractivity contribution in [2.24, 2.45) is 0 Å². The number of hydrogen-bond acceptors (Lipinski definition) is 5. The van der Waals surface area contributed by atoms with Crippen LogP contribution in [-0.2, 0) is 0 Å². The van der Waals surface area contributed by atoms with Crippen LogP contribution < -0.4 is 4.74 Å². The first-order valence-corrected chi connectivity index (χ1v) is 6.06. The molecule has 0 aliphatic heterocycles. The number of benzene rings is 1. The number of fused-ring (bicyclic) bond motifs is 1. The lowest BCUT2D eigenvalue weighted by Crippen LogP contribution is -2.06. The number of ketones is 1. The maximum absolute atomic E-state index is 12.5. The Hall–Kier alpha value is -2.82. The van der Waals surface area contributed by atoms with Gasteiger partial charge in [-0.25, -0.2) is 0 Å². The summed E-state index contributed by atoms with van der Waals surface area (Å²) < 4.78 is 4.93. The number of carbonyl (C=O) groups excluding carboxylic acids is 1. The lowest BCUT2D eigenvalue weighted by Gasteiger charge is -2.04. The highest BCUT2D eigenvalue weighted by atomic mass is 16.5. The number of pyridine rings is 1. The SMILES string of the molecule is COc1ccc(C(=O)c2cccc3ncccc23)nn1. The lowest BCUT2D eigenvalue weighted by atomic mass is 10.0. The highest BCUT2D eigenvalue weighted by Gasteiger charge is 2.14. The Morgan fingerprint density at radius 3 is 2.70 bits per heavy atom. The Morgan fingerprint density at radius 1 is 1.05 bits per heavy atom. The number of carbonyl (C=O) groups is 1. The van der Waals surface area contributed by atoms with Gasteiger partial charge in [0.15, 0.2) is 0 Å². The fourth-order valence-electron chi connectivity index (χ4n) is 1.99. The van der Waals surface area contributed by atoms with Gasteiger partial charge in [-0.3, -0.25) is 9.78 Å². The fraction of sp³-hybridized carbons (Fsp3) is 0.0667. The van der Waals surface area contributed by atoms with Crippen LogP contribution in [0.3, 0.4) is 0 Å². The normalized spacial score (nSPS) is 10.4. The van der Waals surface area contributed by atoms with Crippen molar-refractivity contribution in [3.8, 4) is 5.88 Å². The van der Waals surface area contributed by atoms with Crippen molar-refractivity contribution < 1.29 is 9.53 Å². The summed E-state index contributed by atoms with van der Waals surface area (Å²) in [6.07, 6.45) is 1.70. The summed E-state index contributed by atoms with van der Waals surface area (Å²) in [7, 11) is 1.50. The van der Waals surface area contributed by atoms with Crippen molar-refractivity contribution in [3.63, 3.8) is 0 Å². The molecule has 0 aliphatic rings. The van der Waals surface area contributed by atoms with E-state index >= 15 is 0 Å². The smallest absolute Gasteiger partial charge is 0.233 e. The van der Waals surface area contributed by atoms with Gasteiger partial charge in [-0.2, -0.15) is 0 Å². The van der Waals surface area contributed by atoms with Crippen molar-refractivity contribution in [2.75, 3.05) is 7.11 Å². The van der Waals surface area contributed by atoms with Gasteiger partial charge < -0.3 is 4.74 Å². The molecule has 5 heteroatoms. The Bertz CT molecular complexity index is 764. The summed E-state index contributed by atoms with van der Waals surface area (Å²) in [5.41, 5.74) is 1.62. The van der Waals surface area contributed by atoms with E-state index in [2.05, 4.69) is 15.2 Å². The predicted octanol–water partition coefficient (Wildman–Crippen LogP) is 2.26. The molecule has 0 unspecified atom stereocenters. The zero-order valence-electron chi connectivity index (χ0n) is 10.8. The molecule has 1 aromatic carbocycles. The molecule has 0 amide bonds. The molecule has 98 valence electrons. The quantitative estimate of drug-likeness (QED) is 0.680. The van der Waals surface area contributed by atoms with E-state index in [1.807, 2.05) is 12.1 Å². The predicted molar refractivity (Wildman–Crippen MR) is 73.8 cm³/mol. The van der Waals surface area contributed by atoms with Crippen LogP contribution in [0.25, 0.3) is 10.9 Å². The zero-order valence-corrected chi connectivity index (χ0v) is 10.8. The van der Waals surface area contributed by atoms with E-state index in [4.69, 9.17) is 4.74 Å². The van der Waals surface area contributed by atoms with Crippen LogP contribution in [0.1, 0.15) is 16.1 Å². The molecule has 0 bridgehead atoms. The summed E-state index contributed by atoms with van der Waals surface area (Å²) >= 11 is 0. The van der Waals surface area contributed by atoms with Gasteiger partial charge in [0.1, 0.15) is 5.69 Å². The minimum absolute atomic E-state index is 0.182. The van der Waals surface area contributed by atoms with E-state index in [0.29, 0.717) is 11.4 Å².